The molecule has 0 saturated carbocycles. The zero-order chi connectivity index (χ0) is 12.4. The second kappa shape index (κ2) is 4.81. The third-order valence-corrected chi connectivity index (χ3v) is 3.14. The fourth-order valence-electron chi connectivity index (χ4n) is 2.30. The third kappa shape index (κ3) is 1.99. The number of hydrogen-bond donors (Lipinski definition) is 2. The Labute approximate surface area is 105 Å². The largest absolute Gasteiger partial charge is 0.311 e. The topological polar surface area (TPSA) is 79.4 Å². The van der Waals surface area contributed by atoms with E-state index in [0.717, 1.165) is 43.7 Å². The Kier molecular flexibility index (Phi) is 3.02. The van der Waals surface area contributed by atoms with Crippen molar-refractivity contribution in [3.63, 3.8) is 0 Å². The van der Waals surface area contributed by atoms with Crippen molar-refractivity contribution in [2.75, 3.05) is 6.54 Å². The first-order chi connectivity index (χ1) is 8.88. The van der Waals surface area contributed by atoms with Crippen LogP contribution in [-0.4, -0.2) is 31.7 Å². The van der Waals surface area contributed by atoms with E-state index in [1.165, 1.54) is 11.9 Å². The van der Waals surface area contributed by atoms with Crippen LogP contribution in [0.25, 0.3) is 11.6 Å². The highest BCUT2D eigenvalue weighted by Crippen LogP contribution is 2.20. The Hall–Kier alpha value is -1.82. The van der Waals surface area contributed by atoms with Gasteiger partial charge in [-0.15, -0.1) is 0 Å². The molecule has 18 heavy (non-hydrogen) atoms. The minimum atomic E-state index is 0.640. The van der Waals surface area contributed by atoms with Crippen LogP contribution < -0.4 is 5.32 Å². The summed E-state index contributed by atoms with van der Waals surface area (Å²) in [5.41, 5.74) is 3.58. The molecule has 94 valence electrons. The molecule has 0 amide bonds. The smallest absolute Gasteiger partial charge is 0.197 e. The van der Waals surface area contributed by atoms with Crippen molar-refractivity contribution in [3.8, 4) is 11.6 Å². The third-order valence-electron chi connectivity index (χ3n) is 3.14. The summed E-state index contributed by atoms with van der Waals surface area (Å²) >= 11 is 0. The molecule has 0 unspecified atom stereocenters. The Morgan fingerprint density at radius 2 is 2.28 bits per heavy atom. The predicted octanol–water partition coefficient (Wildman–Crippen LogP) is 0.860. The van der Waals surface area contributed by atoms with E-state index in [9.17, 15) is 0 Å². The first-order valence-electron chi connectivity index (χ1n) is 6.33. The van der Waals surface area contributed by atoms with Crippen LogP contribution in [0, 0.1) is 0 Å². The zero-order valence-electron chi connectivity index (χ0n) is 10.4. The molecule has 6 heteroatoms. The fourth-order valence-corrected chi connectivity index (χ4v) is 2.30. The lowest BCUT2D eigenvalue weighted by atomic mass is 10.0. The number of H-pyrrole nitrogens is 1. The lowest BCUT2D eigenvalue weighted by Crippen LogP contribution is -2.26. The van der Waals surface area contributed by atoms with Crippen molar-refractivity contribution < 1.29 is 0 Å². The first-order valence-corrected chi connectivity index (χ1v) is 6.33. The van der Waals surface area contributed by atoms with Crippen molar-refractivity contribution in [1.82, 2.24) is 30.5 Å². The van der Waals surface area contributed by atoms with Gasteiger partial charge >= 0.3 is 0 Å². The van der Waals surface area contributed by atoms with E-state index in [1.54, 1.807) is 0 Å². The van der Waals surface area contributed by atoms with Crippen molar-refractivity contribution >= 4 is 0 Å². The average Bonchev–Trinajstić information content (AvgIpc) is 2.93. The maximum absolute atomic E-state index is 4.65. The molecule has 0 aromatic carbocycles. The Morgan fingerprint density at radius 1 is 1.33 bits per heavy atom. The van der Waals surface area contributed by atoms with E-state index >= 15 is 0 Å². The molecule has 1 aliphatic rings. The second-order valence-corrected chi connectivity index (χ2v) is 4.43. The highest BCUT2D eigenvalue weighted by atomic mass is 15.2. The van der Waals surface area contributed by atoms with Crippen LogP contribution in [0.1, 0.15) is 30.3 Å². The minimum Gasteiger partial charge on any atom is -0.311 e. The van der Waals surface area contributed by atoms with E-state index in [0.29, 0.717) is 11.6 Å². The van der Waals surface area contributed by atoms with Crippen LogP contribution in [0.2, 0.25) is 0 Å². The van der Waals surface area contributed by atoms with Crippen LogP contribution in [0.5, 0.6) is 0 Å². The standard InChI is InChI=1S/C12H16N6/c1-2-3-9-8-4-5-13-6-10(8)17-12(16-9)11-14-7-15-18-11/h7,13H,2-6H2,1H3,(H,14,15,18). The summed E-state index contributed by atoms with van der Waals surface area (Å²) in [5, 5.41) is 10.0. The van der Waals surface area contributed by atoms with Crippen LogP contribution in [0.4, 0.5) is 0 Å². The summed E-state index contributed by atoms with van der Waals surface area (Å²) < 4.78 is 0. The molecule has 0 spiro atoms. The van der Waals surface area contributed by atoms with Gasteiger partial charge in [-0.1, -0.05) is 13.3 Å². The molecule has 0 fully saturated rings. The van der Waals surface area contributed by atoms with Gasteiger partial charge in [0.05, 0.1) is 5.69 Å². The molecule has 0 atom stereocenters. The number of nitrogens with one attached hydrogen (secondary N) is 2. The Balaban J connectivity index is 2.09. The highest BCUT2D eigenvalue weighted by Gasteiger charge is 2.18. The molecule has 1 aliphatic heterocycles. The van der Waals surface area contributed by atoms with Crippen molar-refractivity contribution in [2.45, 2.75) is 32.7 Å². The number of aromatic nitrogens is 5. The summed E-state index contributed by atoms with van der Waals surface area (Å²) in [6.07, 6.45) is 4.58. The molecule has 0 saturated heterocycles. The van der Waals surface area contributed by atoms with Crippen LogP contribution in [0.15, 0.2) is 6.33 Å². The monoisotopic (exact) mass is 244 g/mol. The molecule has 6 nitrogen and oxygen atoms in total. The van der Waals surface area contributed by atoms with E-state index < -0.39 is 0 Å². The molecule has 3 rings (SSSR count). The number of aromatic amines is 1. The van der Waals surface area contributed by atoms with Gasteiger partial charge in [0.25, 0.3) is 0 Å². The molecule has 2 aromatic rings. The van der Waals surface area contributed by atoms with Gasteiger partial charge in [0.15, 0.2) is 11.6 Å². The molecular weight excluding hydrogens is 228 g/mol. The van der Waals surface area contributed by atoms with Gasteiger partial charge < -0.3 is 5.32 Å². The van der Waals surface area contributed by atoms with Gasteiger partial charge in [0, 0.05) is 12.2 Å². The molecule has 0 aliphatic carbocycles. The molecule has 2 aromatic heterocycles. The number of fused-ring (bicyclic) bond motifs is 1. The van der Waals surface area contributed by atoms with Crippen molar-refractivity contribution in [1.29, 1.82) is 0 Å². The lowest BCUT2D eigenvalue weighted by Gasteiger charge is -2.19. The SMILES string of the molecule is CCCc1nc(-c2ncn[nH]2)nc2c1CCNC2. The van der Waals surface area contributed by atoms with Crippen molar-refractivity contribution in [2.24, 2.45) is 0 Å². The van der Waals surface area contributed by atoms with Gasteiger partial charge in [-0.2, -0.15) is 5.10 Å². The van der Waals surface area contributed by atoms with Crippen LogP contribution in [-0.2, 0) is 19.4 Å². The Morgan fingerprint density at radius 3 is 3.06 bits per heavy atom. The number of nitrogens with zero attached hydrogens (tertiary/aromatic N) is 4. The minimum absolute atomic E-state index is 0.640. The van der Waals surface area contributed by atoms with E-state index in [2.05, 4.69) is 37.4 Å². The number of rotatable bonds is 3. The summed E-state index contributed by atoms with van der Waals surface area (Å²) in [4.78, 5) is 13.4. The summed E-state index contributed by atoms with van der Waals surface area (Å²) in [5.74, 6) is 1.29. The maximum atomic E-state index is 4.65. The zero-order valence-corrected chi connectivity index (χ0v) is 10.4. The predicted molar refractivity (Wildman–Crippen MR) is 66.8 cm³/mol. The fraction of sp³-hybridized carbons (Fsp3) is 0.500. The molecular formula is C12H16N6. The van der Waals surface area contributed by atoms with Gasteiger partial charge in [0.1, 0.15) is 6.33 Å². The van der Waals surface area contributed by atoms with Gasteiger partial charge in [0.2, 0.25) is 0 Å². The van der Waals surface area contributed by atoms with Gasteiger partial charge in [-0.3, -0.25) is 5.10 Å². The average molecular weight is 244 g/mol. The van der Waals surface area contributed by atoms with Gasteiger partial charge in [-0.05, 0) is 24.9 Å². The molecule has 3 heterocycles. The first kappa shape index (κ1) is 11.3. The van der Waals surface area contributed by atoms with E-state index in [4.69, 9.17) is 0 Å². The summed E-state index contributed by atoms with van der Waals surface area (Å²) in [7, 11) is 0. The second-order valence-electron chi connectivity index (χ2n) is 4.43. The Bertz CT molecular complexity index is 534. The normalized spacial score (nSPS) is 14.5. The molecule has 2 N–H and O–H groups in total. The summed E-state index contributed by atoms with van der Waals surface area (Å²) in [6, 6.07) is 0. The lowest BCUT2D eigenvalue weighted by molar-refractivity contribution is 0.614. The highest BCUT2D eigenvalue weighted by molar-refractivity contribution is 5.45. The quantitative estimate of drug-likeness (QED) is 0.837. The van der Waals surface area contributed by atoms with Crippen LogP contribution >= 0.6 is 0 Å². The number of hydrogen-bond acceptors (Lipinski definition) is 5. The molecule has 0 bridgehead atoms. The maximum Gasteiger partial charge on any atom is 0.197 e. The van der Waals surface area contributed by atoms with Crippen molar-refractivity contribution in [3.05, 3.63) is 23.3 Å². The van der Waals surface area contributed by atoms with E-state index in [-0.39, 0.29) is 0 Å². The number of aryl methyl sites for hydroxylation is 1. The van der Waals surface area contributed by atoms with Crippen LogP contribution in [0.3, 0.4) is 0 Å². The van der Waals surface area contributed by atoms with Gasteiger partial charge in [-0.25, -0.2) is 15.0 Å². The molecule has 0 radical (unpaired) electrons. The summed E-state index contributed by atoms with van der Waals surface area (Å²) in [6.45, 7) is 3.99. The van der Waals surface area contributed by atoms with E-state index in [1.807, 2.05) is 0 Å².